The topological polar surface area (TPSA) is 199 Å². The van der Waals surface area contributed by atoms with Gasteiger partial charge in [0.25, 0.3) is 0 Å². The van der Waals surface area contributed by atoms with E-state index in [1.807, 2.05) is 57.7 Å². The van der Waals surface area contributed by atoms with Gasteiger partial charge in [-0.2, -0.15) is 67.2 Å². The summed E-state index contributed by atoms with van der Waals surface area (Å²) in [7, 11) is 15.0. The quantitative estimate of drug-likeness (QED) is 0.107. The van der Waals surface area contributed by atoms with Crippen molar-refractivity contribution < 1.29 is 78.1 Å². The first kappa shape index (κ1) is 83.7. The standard InChI is InChI=1S/C10H19NO2.C9H18N2O2.C9H20N2O.C8H14O3.C2HF3O.C2H7N.CH3I.Al.Li.4H2S.4H/c1-8(10(12)11(2)3)9-4-6-13-7-5-9;1-11(2)9(12)8(10)7-3-5-13-6-4-7;1-11(2)7-9(10)8-3-5-12-6-4-8;1-6(8(9)10)7-2-4-11-5-3-7;3-2(4,5)1-6;1-3-2;1-2;;;;;;;;;;/h8-9H,4-7H2,1-3H3;7-8H,3-6,10H2,1-2H3;8-9H,3-7,10H2,1-2H3;6-7H,2-5H2,1H3,(H,9,10);1H;3H,1-2H3;1H3;;;4*1H2;;;;/q;;;;;;;;+1;;;;;;;;-1/t2*8-;9-;6-;;;;;;;;;;;;;/m0010............./s1/i;;;;;;1D;;;;;;;;;;. The number of likely N-dealkylation sites (N-methyl/N-ethyl adjacent to an activating group) is 2. The third kappa shape index (κ3) is 45.9. The number of aldehydes is 1. The average Bonchev–Trinajstić information content (AvgIpc) is 3.24. The molecule has 4 aliphatic heterocycles. The number of carboxylic acids is 1. The van der Waals surface area contributed by atoms with Crippen molar-refractivity contribution in [2.24, 2.45) is 47.0 Å². The fourth-order valence-corrected chi connectivity index (χ4v) is 6.53. The Morgan fingerprint density at radius 3 is 1.21 bits per heavy atom. The molecule has 2 amide bonds. The van der Waals surface area contributed by atoms with Crippen molar-refractivity contribution in [3.8, 4) is 0 Å². The van der Waals surface area contributed by atoms with E-state index >= 15 is 0 Å². The van der Waals surface area contributed by atoms with Crippen molar-refractivity contribution in [3.63, 3.8) is 0 Å². The second-order valence-corrected chi connectivity index (χ2v) is 15.8. The number of carboxylic acid groups (broad SMARTS) is 1. The number of hydrogen-bond acceptors (Lipinski definition) is 12. The van der Waals surface area contributed by atoms with E-state index in [1.165, 1.54) is 0 Å². The maximum atomic E-state index is 11.6. The van der Waals surface area contributed by atoms with E-state index in [0.29, 0.717) is 34.6 Å². The van der Waals surface area contributed by atoms with Crippen LogP contribution in [-0.2, 0) is 38.1 Å². The molecule has 0 unspecified atom stereocenters. The molecule has 0 aromatic carbocycles. The number of hydrogen-bond donors (Lipinski definition) is 4. The first-order chi connectivity index (χ1) is 28.6. The van der Waals surface area contributed by atoms with Gasteiger partial charge in [0.05, 0.1) is 12.0 Å². The van der Waals surface area contributed by atoms with E-state index < -0.39 is 18.4 Å². The SMILES string of the molecule is CN(C)C(=O)[C@@H](N)C1CCOCC1.CN(C)C[C@@H](N)C1CCOCC1.CNC.C[C@H](C(=O)N(C)C)C1CCOCC1.C[C@H](C(=O)O)C1CCOCC1.O=CC(F)(F)F.S.S.S.S.[2H]CI.[AlH3].[H-].[Li+]. The van der Waals surface area contributed by atoms with Gasteiger partial charge in [-0.05, 0) is 108 Å². The van der Waals surface area contributed by atoms with Crippen LogP contribution >= 0.6 is 76.6 Å². The molecular weight excluding hydrogens is 1070 g/mol. The zero-order valence-corrected chi connectivity index (χ0v) is 47.3. The molecule has 6 N–H and O–H groups in total. The number of carbonyl (C=O) groups excluding carboxylic acids is 3. The summed E-state index contributed by atoms with van der Waals surface area (Å²) in [6, 6.07) is -0.0252. The molecule has 0 aliphatic carbocycles. The molecule has 4 rings (SSSR count). The molecule has 0 saturated carbocycles. The Morgan fingerprint density at radius 1 is 0.712 bits per heavy atom. The van der Waals surface area contributed by atoms with E-state index in [0.717, 1.165) is 111 Å². The summed E-state index contributed by atoms with van der Waals surface area (Å²) in [4.78, 5) is 48.2. The normalized spacial score (nSPS) is 17.9. The zero-order chi connectivity index (χ0) is 47.6. The van der Waals surface area contributed by atoms with Gasteiger partial charge in [-0.1, -0.05) is 36.4 Å². The van der Waals surface area contributed by atoms with Crippen molar-refractivity contribution >= 4 is 118 Å². The van der Waals surface area contributed by atoms with Gasteiger partial charge in [0, 0.05) is 101 Å². The molecule has 15 nitrogen and oxygen atoms in total. The predicted molar refractivity (Wildman–Crippen MR) is 292 cm³/mol. The van der Waals surface area contributed by atoms with Gasteiger partial charge in [-0.15, -0.1) is 0 Å². The Kier molecular flexibility index (Phi) is 67.9. The third-order valence-electron chi connectivity index (χ3n) is 10.2. The van der Waals surface area contributed by atoms with Crippen LogP contribution in [0.4, 0.5) is 13.2 Å². The number of halogens is 4. The van der Waals surface area contributed by atoms with E-state index in [4.69, 9.17) is 41.7 Å². The molecule has 0 aromatic rings. The van der Waals surface area contributed by atoms with Crippen molar-refractivity contribution in [1.82, 2.24) is 20.0 Å². The van der Waals surface area contributed by atoms with Crippen LogP contribution in [0.5, 0.6) is 0 Å². The number of nitrogens with one attached hydrogen (secondary N) is 1. The van der Waals surface area contributed by atoms with Gasteiger partial charge in [-0.25, -0.2) is 0 Å². The Morgan fingerprint density at radius 2 is 0.970 bits per heavy atom. The number of alkyl halides is 4. The molecule has 0 spiro atoms. The maximum Gasteiger partial charge on any atom is 1.00 e. The summed E-state index contributed by atoms with van der Waals surface area (Å²) < 4.78 is 58.3. The molecule has 25 heteroatoms. The van der Waals surface area contributed by atoms with Crippen LogP contribution in [0.15, 0.2) is 0 Å². The van der Waals surface area contributed by atoms with Crippen LogP contribution in [0.3, 0.4) is 0 Å². The Hall–Kier alpha value is 0.810. The summed E-state index contributed by atoms with van der Waals surface area (Å²) in [6.45, 7) is 11.1. The largest absolute Gasteiger partial charge is 1.00 e. The van der Waals surface area contributed by atoms with Crippen LogP contribution in [0.1, 0.15) is 68.0 Å². The van der Waals surface area contributed by atoms with Crippen molar-refractivity contribution in [2.45, 2.75) is 83.5 Å². The number of nitrogens with two attached hydrogens (primary N) is 2. The molecule has 0 radical (unpaired) electrons. The molecule has 0 aromatic heterocycles. The van der Waals surface area contributed by atoms with Gasteiger partial charge in [0.1, 0.15) is 0 Å². The van der Waals surface area contributed by atoms with Crippen LogP contribution in [0.25, 0.3) is 0 Å². The molecule has 0 bridgehead atoms. The Labute approximate surface area is 463 Å². The summed E-state index contributed by atoms with van der Waals surface area (Å²) >= 11 is 1.96. The maximum absolute atomic E-state index is 11.6. The number of ether oxygens (including phenoxy) is 4. The van der Waals surface area contributed by atoms with Gasteiger partial charge in [0.2, 0.25) is 18.1 Å². The minimum atomic E-state index is -4.64. The number of nitrogens with zero attached hydrogens (tertiary/aromatic N) is 3. The van der Waals surface area contributed by atoms with Crippen molar-refractivity contribution in [1.29, 1.82) is 0 Å². The van der Waals surface area contributed by atoms with Crippen molar-refractivity contribution in [3.05, 3.63) is 0 Å². The molecule has 4 atom stereocenters. The smallest absolute Gasteiger partial charge is 1.00 e. The van der Waals surface area contributed by atoms with E-state index in [1.54, 1.807) is 30.8 Å². The van der Waals surface area contributed by atoms with E-state index in [-0.39, 0.29) is 121 Å². The molecule has 4 fully saturated rings. The summed E-state index contributed by atoms with van der Waals surface area (Å²) in [6.07, 6.45) is 2.22. The summed E-state index contributed by atoms with van der Waals surface area (Å²) in [5.41, 5.74) is 11.9. The second-order valence-electron chi connectivity index (χ2n) is 15.8. The van der Waals surface area contributed by atoms with Crippen LogP contribution in [0, 0.1) is 35.5 Å². The van der Waals surface area contributed by atoms with Gasteiger partial charge >= 0.3 is 31.0 Å². The summed E-state index contributed by atoms with van der Waals surface area (Å²) in [5.74, 6) is 1.32. The molecular formula is C41H94AlF3ILiN6O9S4. The van der Waals surface area contributed by atoms with Crippen LogP contribution in [-0.4, -0.2) is 200 Å². The second kappa shape index (κ2) is 53.6. The fourth-order valence-electron chi connectivity index (χ4n) is 6.53. The molecule has 4 aliphatic rings. The number of rotatable bonds is 9. The van der Waals surface area contributed by atoms with Crippen LogP contribution < -0.4 is 35.6 Å². The molecule has 398 valence electrons. The Balaban J connectivity index is -0.0000000741. The van der Waals surface area contributed by atoms with Crippen molar-refractivity contribution in [2.75, 3.05) is 121 Å². The van der Waals surface area contributed by atoms with Gasteiger partial charge in [-0.3, -0.25) is 19.2 Å². The predicted octanol–water partition coefficient (Wildman–Crippen LogP) is 0.420. The van der Waals surface area contributed by atoms with E-state index in [9.17, 15) is 27.6 Å². The first-order valence-corrected chi connectivity index (χ1v) is 22.2. The monoisotopic (exact) mass is 1160 g/mol. The molecule has 4 saturated heterocycles. The number of amides is 2. The molecule has 66 heavy (non-hydrogen) atoms. The number of carbonyl (C=O) groups is 4. The summed E-state index contributed by atoms with van der Waals surface area (Å²) in [5, 5.41) is 11.4. The van der Waals surface area contributed by atoms with Gasteiger partial charge < -0.3 is 57.0 Å². The number of aliphatic carboxylic acids is 1. The van der Waals surface area contributed by atoms with Gasteiger partial charge in [0.15, 0.2) is 17.4 Å². The molecule has 4 heterocycles. The fraction of sp³-hybridized carbons (Fsp3) is 0.902. The zero-order valence-electron chi connectivity index (χ0n) is 43.1. The average molecular weight is 1160 g/mol. The van der Waals surface area contributed by atoms with E-state index in [2.05, 4.69) is 24.3 Å². The third-order valence-corrected chi connectivity index (χ3v) is 10.2. The van der Waals surface area contributed by atoms with Crippen LogP contribution in [0.2, 0.25) is 0 Å². The Bertz CT molecular complexity index is 1100. The minimum Gasteiger partial charge on any atom is -1.00 e. The minimum absolute atomic E-state index is 0. The first-order valence-electron chi connectivity index (χ1n) is 21.4.